The minimum absolute atomic E-state index is 0.0247. The fraction of sp³-hybridized carbons (Fsp3) is 0.389. The van der Waals surface area contributed by atoms with E-state index >= 15 is 0 Å². The second kappa shape index (κ2) is 8.32. The molecule has 7 nitrogen and oxygen atoms in total. The molecule has 1 aromatic heterocycles. The molecule has 0 spiro atoms. The molecule has 156 valence electrons. The Morgan fingerprint density at radius 1 is 1.38 bits per heavy atom. The molecule has 1 aromatic carbocycles. The van der Waals surface area contributed by atoms with Gasteiger partial charge in [0.1, 0.15) is 17.1 Å². The van der Waals surface area contributed by atoms with Gasteiger partial charge < -0.3 is 15.4 Å². The number of hydrogen-bond acceptors (Lipinski definition) is 6. The van der Waals surface area contributed by atoms with Crippen LogP contribution >= 0.6 is 11.8 Å². The maximum absolute atomic E-state index is 13.1. The summed E-state index contributed by atoms with van der Waals surface area (Å²) in [5.41, 5.74) is -0.236. The van der Waals surface area contributed by atoms with E-state index in [2.05, 4.69) is 20.6 Å². The lowest BCUT2D eigenvalue weighted by molar-refractivity contribution is -0.137. The first kappa shape index (κ1) is 21.0. The van der Waals surface area contributed by atoms with Gasteiger partial charge in [-0.2, -0.15) is 18.2 Å². The highest BCUT2D eigenvalue weighted by atomic mass is 35.5. The van der Waals surface area contributed by atoms with Gasteiger partial charge in [0.25, 0.3) is 5.91 Å². The average molecular weight is 430 g/mol. The Labute approximate surface area is 170 Å². The Kier molecular flexibility index (Phi) is 6.02. The number of carbonyl (C=O) groups excluding carboxylic acids is 1. The van der Waals surface area contributed by atoms with Gasteiger partial charge in [0, 0.05) is 42.3 Å². The number of hydrogen-bond donors (Lipinski definition) is 2. The highest BCUT2D eigenvalue weighted by Crippen LogP contribution is 2.35. The summed E-state index contributed by atoms with van der Waals surface area (Å²) in [6.45, 7) is 1.93. The van der Waals surface area contributed by atoms with Gasteiger partial charge in [0.15, 0.2) is 0 Å². The summed E-state index contributed by atoms with van der Waals surface area (Å²) in [6.07, 6.45) is -2.15. The largest absolute Gasteiger partial charge is 0.496 e. The van der Waals surface area contributed by atoms with Crippen molar-refractivity contribution in [1.82, 2.24) is 14.4 Å². The average Bonchev–Trinajstić information content (AvgIpc) is 3.51. The smallest absolute Gasteiger partial charge is 0.421 e. The molecule has 0 saturated heterocycles. The molecule has 0 unspecified atom stereocenters. The van der Waals surface area contributed by atoms with E-state index in [1.807, 2.05) is 0 Å². The fourth-order valence-corrected chi connectivity index (χ4v) is 2.89. The molecule has 1 amide bonds. The molecule has 2 aromatic rings. The third-order valence-electron chi connectivity index (χ3n) is 4.19. The topological polar surface area (TPSA) is 79.4 Å². The third-order valence-corrected chi connectivity index (χ3v) is 4.62. The van der Waals surface area contributed by atoms with Crippen molar-refractivity contribution in [3.63, 3.8) is 0 Å². The Morgan fingerprint density at radius 3 is 2.69 bits per heavy atom. The molecule has 1 heterocycles. The fourth-order valence-electron chi connectivity index (χ4n) is 2.61. The summed E-state index contributed by atoms with van der Waals surface area (Å²) in [4.78, 5) is 20.1. The lowest BCUT2D eigenvalue weighted by Gasteiger charge is -2.16. The Hall–Kier alpha value is -2.75. The van der Waals surface area contributed by atoms with E-state index in [0.29, 0.717) is 11.9 Å². The zero-order chi connectivity index (χ0) is 21.2. The van der Waals surface area contributed by atoms with E-state index < -0.39 is 11.7 Å². The van der Waals surface area contributed by atoms with Crippen LogP contribution in [0.25, 0.3) is 0 Å². The van der Waals surface area contributed by atoms with Crippen molar-refractivity contribution < 1.29 is 22.7 Å². The predicted molar refractivity (Wildman–Crippen MR) is 103 cm³/mol. The molecule has 1 fully saturated rings. The molecule has 0 aliphatic heterocycles. The molecule has 29 heavy (non-hydrogen) atoms. The number of carbonyl (C=O) groups is 1. The van der Waals surface area contributed by atoms with Crippen molar-refractivity contribution in [2.75, 3.05) is 24.3 Å². The van der Waals surface area contributed by atoms with Gasteiger partial charge in [-0.3, -0.25) is 4.79 Å². The van der Waals surface area contributed by atoms with Crippen molar-refractivity contribution in [1.29, 1.82) is 0 Å². The summed E-state index contributed by atoms with van der Waals surface area (Å²) in [6, 6.07) is 4.65. The SMILES string of the molecule is CCNc1nc(Nc2ccc(C(=O)N(Cl)C3CC3)c(OC)c2)ncc1C(F)(F)F. The number of aromatic nitrogens is 2. The molecular formula is C18H19ClF3N5O2. The molecule has 11 heteroatoms. The molecule has 0 radical (unpaired) electrons. The van der Waals surface area contributed by atoms with Crippen LogP contribution in [-0.4, -0.2) is 40.0 Å². The van der Waals surface area contributed by atoms with Gasteiger partial charge >= 0.3 is 6.18 Å². The van der Waals surface area contributed by atoms with Gasteiger partial charge in [-0.05, 0) is 31.9 Å². The summed E-state index contributed by atoms with van der Waals surface area (Å²) >= 11 is 6.05. The number of alkyl halides is 3. The number of anilines is 3. The van der Waals surface area contributed by atoms with Crippen LogP contribution in [0.5, 0.6) is 5.75 Å². The van der Waals surface area contributed by atoms with Crippen LogP contribution in [-0.2, 0) is 6.18 Å². The summed E-state index contributed by atoms with van der Waals surface area (Å²) in [7, 11) is 1.41. The van der Waals surface area contributed by atoms with Crippen LogP contribution in [0.15, 0.2) is 24.4 Å². The number of methoxy groups -OCH3 is 1. The number of nitrogens with one attached hydrogen (secondary N) is 2. The summed E-state index contributed by atoms with van der Waals surface area (Å²) in [5, 5.41) is 5.40. The van der Waals surface area contributed by atoms with Crippen LogP contribution < -0.4 is 15.4 Å². The van der Waals surface area contributed by atoms with E-state index in [9.17, 15) is 18.0 Å². The lowest BCUT2D eigenvalue weighted by Crippen LogP contribution is -2.24. The number of benzene rings is 1. The first-order valence-corrected chi connectivity index (χ1v) is 9.21. The molecule has 2 N–H and O–H groups in total. The zero-order valence-corrected chi connectivity index (χ0v) is 16.4. The number of nitrogens with zero attached hydrogens (tertiary/aromatic N) is 3. The number of rotatable bonds is 7. The predicted octanol–water partition coefficient (Wildman–Crippen LogP) is 4.44. The van der Waals surface area contributed by atoms with E-state index in [-0.39, 0.29) is 41.6 Å². The van der Waals surface area contributed by atoms with Gasteiger partial charge in [0.05, 0.1) is 12.7 Å². The Balaban J connectivity index is 1.84. The maximum Gasteiger partial charge on any atom is 0.421 e. The van der Waals surface area contributed by atoms with Crippen molar-refractivity contribution in [2.24, 2.45) is 0 Å². The monoisotopic (exact) mass is 429 g/mol. The zero-order valence-electron chi connectivity index (χ0n) is 15.7. The minimum atomic E-state index is -4.57. The van der Waals surface area contributed by atoms with Gasteiger partial charge in [-0.1, -0.05) is 0 Å². The van der Waals surface area contributed by atoms with Gasteiger partial charge in [-0.25, -0.2) is 9.40 Å². The highest BCUT2D eigenvalue weighted by Gasteiger charge is 2.35. The normalized spacial score (nSPS) is 13.7. The molecular weight excluding hydrogens is 411 g/mol. The number of amides is 1. The molecule has 0 atom stereocenters. The molecule has 0 bridgehead atoms. The van der Waals surface area contributed by atoms with E-state index in [0.717, 1.165) is 17.3 Å². The van der Waals surface area contributed by atoms with Crippen LogP contribution in [0.1, 0.15) is 35.7 Å². The molecule has 3 rings (SSSR count). The Bertz CT molecular complexity index is 906. The van der Waals surface area contributed by atoms with E-state index in [1.54, 1.807) is 13.0 Å². The second-order valence-electron chi connectivity index (χ2n) is 6.37. The third kappa shape index (κ3) is 4.81. The van der Waals surface area contributed by atoms with Gasteiger partial charge in [0.2, 0.25) is 5.95 Å². The number of halogens is 4. The first-order valence-electron chi connectivity index (χ1n) is 8.87. The second-order valence-corrected chi connectivity index (χ2v) is 6.74. The molecule has 1 aliphatic rings. The van der Waals surface area contributed by atoms with Crippen LogP contribution in [0.4, 0.5) is 30.6 Å². The highest BCUT2D eigenvalue weighted by molar-refractivity contribution is 6.25. The summed E-state index contributed by atoms with van der Waals surface area (Å²) in [5.74, 6) is -0.464. The maximum atomic E-state index is 13.1. The van der Waals surface area contributed by atoms with E-state index in [1.165, 1.54) is 19.2 Å². The Morgan fingerprint density at radius 2 is 2.10 bits per heavy atom. The lowest BCUT2D eigenvalue weighted by atomic mass is 10.1. The molecule has 1 saturated carbocycles. The quantitative estimate of drug-likeness (QED) is 0.633. The van der Waals surface area contributed by atoms with Crippen molar-refractivity contribution in [3.05, 3.63) is 35.5 Å². The number of ether oxygens (including phenoxy) is 1. The van der Waals surface area contributed by atoms with Gasteiger partial charge in [-0.15, -0.1) is 0 Å². The van der Waals surface area contributed by atoms with E-state index in [4.69, 9.17) is 16.5 Å². The van der Waals surface area contributed by atoms with Crippen molar-refractivity contribution in [2.45, 2.75) is 32.0 Å². The van der Waals surface area contributed by atoms with Crippen LogP contribution in [0, 0.1) is 0 Å². The van der Waals surface area contributed by atoms with Crippen molar-refractivity contribution in [3.8, 4) is 5.75 Å². The molecule has 1 aliphatic carbocycles. The van der Waals surface area contributed by atoms with Crippen molar-refractivity contribution >= 4 is 35.1 Å². The van der Waals surface area contributed by atoms with Crippen LogP contribution in [0.2, 0.25) is 0 Å². The standard InChI is InChI=1S/C18H19ClF3N5O2/c1-3-23-15-13(18(20,21)22)9-24-17(26-15)25-10-4-7-12(14(8-10)29-2)16(28)27(19)11-5-6-11/h4,7-9,11H,3,5-6H2,1-2H3,(H2,23,24,25,26). The summed E-state index contributed by atoms with van der Waals surface area (Å²) < 4.78 is 45.6. The first-order chi connectivity index (χ1) is 13.7. The van der Waals surface area contributed by atoms with Crippen LogP contribution in [0.3, 0.4) is 0 Å². The minimum Gasteiger partial charge on any atom is -0.496 e.